The highest BCUT2D eigenvalue weighted by atomic mass is 15.1. The van der Waals surface area contributed by atoms with Crippen molar-refractivity contribution in [3.63, 3.8) is 0 Å². The maximum atomic E-state index is 5.53. The molecule has 0 fully saturated rings. The molecule has 12 aromatic rings. The van der Waals surface area contributed by atoms with Crippen LogP contribution in [0.25, 0.3) is 110 Å². The Hall–Kier alpha value is -7.70. The third-order valence-electron chi connectivity index (χ3n) is 12.7. The Morgan fingerprint density at radius 3 is 1.81 bits per heavy atom. The molecule has 0 amide bonds. The van der Waals surface area contributed by atoms with Crippen LogP contribution in [0.4, 0.5) is 0 Å². The minimum atomic E-state index is -0.257. The van der Waals surface area contributed by atoms with Gasteiger partial charge in [0.05, 0.1) is 61.2 Å². The normalized spacial score (nSPS) is 12.3. The summed E-state index contributed by atoms with van der Waals surface area (Å²) in [5.41, 5.74) is 15.1. The van der Waals surface area contributed by atoms with Gasteiger partial charge in [-0.05, 0) is 88.5 Å². The number of hydrogen-bond acceptors (Lipinski definition) is 4. The first-order valence-corrected chi connectivity index (χ1v) is 21.8. The summed E-state index contributed by atoms with van der Waals surface area (Å²) in [5, 5.41) is 7.33. The molecule has 0 bridgehead atoms. The molecule has 0 atom stereocenters. The van der Waals surface area contributed by atoms with Gasteiger partial charge >= 0.3 is 0 Å². The van der Waals surface area contributed by atoms with Crippen LogP contribution in [-0.2, 0) is 5.41 Å². The summed E-state index contributed by atoms with van der Waals surface area (Å²) in [6, 6.07) is 60.8. The molecule has 12 rings (SSSR count). The molecule has 6 nitrogen and oxygen atoms in total. The van der Waals surface area contributed by atoms with E-state index in [1.807, 2.05) is 24.3 Å². The van der Waals surface area contributed by atoms with E-state index in [0.717, 1.165) is 89.4 Å². The lowest BCUT2D eigenvalue weighted by Crippen LogP contribution is -2.19. The predicted octanol–water partition coefficient (Wildman–Crippen LogP) is 14.7. The van der Waals surface area contributed by atoms with E-state index in [4.69, 9.17) is 19.9 Å². The van der Waals surface area contributed by atoms with Gasteiger partial charge in [0.25, 0.3) is 0 Å². The predicted molar refractivity (Wildman–Crippen MR) is 262 cm³/mol. The van der Waals surface area contributed by atoms with E-state index in [1.165, 1.54) is 32.3 Å². The summed E-state index contributed by atoms with van der Waals surface area (Å²) in [5.74, 6) is 1.08. The number of hydrogen-bond donors (Lipinski definition) is 0. The van der Waals surface area contributed by atoms with Gasteiger partial charge in [-0.25, -0.2) is 19.9 Å². The molecule has 0 aliphatic rings. The van der Waals surface area contributed by atoms with Gasteiger partial charge in [-0.2, -0.15) is 0 Å². The number of benzene rings is 8. The molecule has 0 N–H and O–H groups in total. The van der Waals surface area contributed by atoms with Crippen LogP contribution in [0.1, 0.15) is 51.9 Å². The largest absolute Gasteiger partial charge is 0.309 e. The number of para-hydroxylation sites is 4. The fourth-order valence-corrected chi connectivity index (χ4v) is 9.68. The van der Waals surface area contributed by atoms with Crippen molar-refractivity contribution in [1.29, 1.82) is 0 Å². The van der Waals surface area contributed by atoms with Crippen molar-refractivity contribution in [2.45, 2.75) is 46.0 Å². The lowest BCUT2D eigenvalue weighted by Gasteiger charge is -2.23. The quantitative estimate of drug-likeness (QED) is 0.174. The number of rotatable bonds is 5. The Balaban J connectivity index is 0.991. The lowest BCUT2D eigenvalue weighted by atomic mass is 9.91. The molecule has 0 unspecified atom stereocenters. The molecule has 4 heterocycles. The molecule has 0 saturated heterocycles. The van der Waals surface area contributed by atoms with Crippen LogP contribution in [0.5, 0.6) is 0 Å². The van der Waals surface area contributed by atoms with E-state index in [1.54, 1.807) is 0 Å². The van der Waals surface area contributed by atoms with Crippen molar-refractivity contribution in [1.82, 2.24) is 29.1 Å². The fourth-order valence-electron chi connectivity index (χ4n) is 9.68. The third kappa shape index (κ3) is 5.85. The van der Waals surface area contributed by atoms with Gasteiger partial charge in [-0.1, -0.05) is 144 Å². The Kier molecular flexibility index (Phi) is 8.19. The number of fused-ring (bicyclic) bond motifs is 10. The third-order valence-corrected chi connectivity index (χ3v) is 12.7. The molecule has 4 aromatic heterocycles. The molecule has 0 radical (unpaired) electrons. The van der Waals surface area contributed by atoms with Crippen LogP contribution in [-0.4, -0.2) is 29.1 Å². The van der Waals surface area contributed by atoms with E-state index in [2.05, 4.69) is 189 Å². The first-order chi connectivity index (χ1) is 30.7. The van der Waals surface area contributed by atoms with Crippen molar-refractivity contribution < 1.29 is 0 Å². The Bertz CT molecular complexity index is 3810. The second kappa shape index (κ2) is 13.9. The minimum Gasteiger partial charge on any atom is -0.309 e. The first kappa shape index (κ1) is 37.1. The molecular formula is C57H44N6. The molecule has 0 aliphatic carbocycles. The van der Waals surface area contributed by atoms with E-state index in [9.17, 15) is 0 Å². The van der Waals surface area contributed by atoms with Gasteiger partial charge in [0.15, 0.2) is 5.82 Å². The van der Waals surface area contributed by atoms with E-state index >= 15 is 0 Å². The van der Waals surface area contributed by atoms with Gasteiger partial charge in [-0.3, -0.25) is 4.57 Å². The zero-order valence-electron chi connectivity index (χ0n) is 35.9. The molecule has 0 saturated carbocycles. The molecule has 0 spiro atoms. The van der Waals surface area contributed by atoms with E-state index in [-0.39, 0.29) is 11.3 Å². The zero-order valence-corrected chi connectivity index (χ0v) is 35.9. The zero-order chi connectivity index (χ0) is 42.6. The van der Waals surface area contributed by atoms with Gasteiger partial charge < -0.3 is 4.57 Å². The van der Waals surface area contributed by atoms with Gasteiger partial charge in [0.2, 0.25) is 0 Å². The van der Waals surface area contributed by atoms with Crippen LogP contribution < -0.4 is 0 Å². The average molecular weight is 813 g/mol. The average Bonchev–Trinajstić information content (AvgIpc) is 3.83. The van der Waals surface area contributed by atoms with Crippen molar-refractivity contribution in [2.75, 3.05) is 0 Å². The lowest BCUT2D eigenvalue weighted by molar-refractivity contribution is 0.565. The van der Waals surface area contributed by atoms with Crippen molar-refractivity contribution in [2.24, 2.45) is 0 Å². The summed E-state index contributed by atoms with van der Waals surface area (Å²) in [7, 11) is 0. The Morgan fingerprint density at radius 1 is 0.429 bits per heavy atom. The van der Waals surface area contributed by atoms with Gasteiger partial charge in [-0.15, -0.1) is 0 Å². The van der Waals surface area contributed by atoms with E-state index < -0.39 is 0 Å². The SMILES string of the molecule is CC(C)c1nc2ccccc2nc1-c1ccc2c3ccccc3n(-c3ccc(-c4ccc5nc(C(C)(C)C)c(-n6c7ccccc7c7c8ccccc8ccc76)nc5c4)cc3)c2c1. The van der Waals surface area contributed by atoms with Crippen LogP contribution in [0, 0.1) is 0 Å². The maximum absolute atomic E-state index is 5.53. The molecular weight excluding hydrogens is 769 g/mol. The summed E-state index contributed by atoms with van der Waals surface area (Å²) in [6.45, 7) is 11.1. The summed E-state index contributed by atoms with van der Waals surface area (Å²) < 4.78 is 4.71. The van der Waals surface area contributed by atoms with Crippen molar-refractivity contribution in [3.05, 3.63) is 181 Å². The maximum Gasteiger partial charge on any atom is 0.160 e. The molecule has 8 aromatic carbocycles. The van der Waals surface area contributed by atoms with Crippen LogP contribution in [0.2, 0.25) is 0 Å². The second-order valence-electron chi connectivity index (χ2n) is 18.1. The summed E-state index contributed by atoms with van der Waals surface area (Å²) >= 11 is 0. The van der Waals surface area contributed by atoms with Crippen LogP contribution in [0.3, 0.4) is 0 Å². The highest BCUT2D eigenvalue weighted by Crippen LogP contribution is 2.40. The van der Waals surface area contributed by atoms with Gasteiger partial charge in [0, 0.05) is 38.2 Å². The summed E-state index contributed by atoms with van der Waals surface area (Å²) in [6.07, 6.45) is 0. The highest BCUT2D eigenvalue weighted by molar-refractivity contribution is 6.21. The smallest absolute Gasteiger partial charge is 0.160 e. The highest BCUT2D eigenvalue weighted by Gasteiger charge is 2.26. The number of nitrogens with zero attached hydrogens (tertiary/aromatic N) is 6. The molecule has 6 heteroatoms. The van der Waals surface area contributed by atoms with Gasteiger partial charge in [0.1, 0.15) is 0 Å². The molecule has 302 valence electrons. The second-order valence-corrected chi connectivity index (χ2v) is 18.1. The Labute approximate surface area is 365 Å². The first-order valence-electron chi connectivity index (χ1n) is 21.8. The molecule has 63 heavy (non-hydrogen) atoms. The number of aromatic nitrogens is 6. The molecule has 0 aliphatic heterocycles. The van der Waals surface area contributed by atoms with Crippen molar-refractivity contribution >= 4 is 76.5 Å². The van der Waals surface area contributed by atoms with Crippen molar-refractivity contribution in [3.8, 4) is 33.9 Å². The topological polar surface area (TPSA) is 61.4 Å². The Morgan fingerprint density at radius 2 is 1.05 bits per heavy atom. The fraction of sp³-hybridized carbons (Fsp3) is 0.123. The summed E-state index contributed by atoms with van der Waals surface area (Å²) in [4.78, 5) is 21.2. The minimum absolute atomic E-state index is 0.217. The monoisotopic (exact) mass is 812 g/mol. The van der Waals surface area contributed by atoms with Crippen LogP contribution in [0.15, 0.2) is 170 Å². The van der Waals surface area contributed by atoms with Crippen LogP contribution >= 0.6 is 0 Å². The van der Waals surface area contributed by atoms with E-state index in [0.29, 0.717) is 0 Å². The standard InChI is InChI=1S/C57H44N6/c1-34(2)53-54(59-45-19-11-10-18-44(45)58-53)38-24-29-42-41-16-8-12-20-48(41)62(51(42)33-38)39-27-22-35(23-28-39)37-25-30-46-47(32-37)61-56(55(60-46)57(3,4)5)63-49-21-13-9-17-43(49)52-40-15-7-6-14-36(40)26-31-50(52)63/h6-34H,1-5H3.